The highest BCUT2D eigenvalue weighted by Crippen LogP contribution is 2.35. The first kappa shape index (κ1) is 12.5. The van der Waals surface area contributed by atoms with Crippen molar-refractivity contribution in [1.29, 1.82) is 0 Å². The van der Waals surface area contributed by atoms with Crippen molar-refractivity contribution in [1.82, 2.24) is 10.2 Å². The van der Waals surface area contributed by atoms with Gasteiger partial charge in [-0.2, -0.15) is 0 Å². The fraction of sp³-hybridized carbons (Fsp3) is 0.909. The molecule has 0 heterocycles. The first-order valence-electron chi connectivity index (χ1n) is 5.67. The summed E-state index contributed by atoms with van der Waals surface area (Å²) in [6.07, 6.45) is 4.81. The highest BCUT2D eigenvalue weighted by Gasteiger charge is 2.38. The Morgan fingerprint density at radius 3 is 2.53 bits per heavy atom. The van der Waals surface area contributed by atoms with E-state index in [4.69, 9.17) is 5.11 Å². The lowest BCUT2D eigenvalue weighted by molar-refractivity contribution is -0.137. The van der Waals surface area contributed by atoms with Gasteiger partial charge in [-0.05, 0) is 46.3 Å². The van der Waals surface area contributed by atoms with E-state index in [1.807, 2.05) is 0 Å². The van der Waals surface area contributed by atoms with Gasteiger partial charge in [0.2, 0.25) is 0 Å². The van der Waals surface area contributed by atoms with Crippen LogP contribution in [0.3, 0.4) is 0 Å². The zero-order valence-corrected chi connectivity index (χ0v) is 9.75. The first-order chi connectivity index (χ1) is 7.07. The van der Waals surface area contributed by atoms with Crippen LogP contribution in [0.4, 0.5) is 0 Å². The number of hydrogen-bond donors (Lipinski definition) is 2. The molecule has 0 radical (unpaired) electrons. The average molecular weight is 214 g/mol. The third-order valence-corrected chi connectivity index (χ3v) is 3.43. The number of carboxylic acid groups (broad SMARTS) is 1. The Morgan fingerprint density at radius 2 is 2.13 bits per heavy atom. The number of rotatable bonds is 7. The van der Waals surface area contributed by atoms with Crippen molar-refractivity contribution in [3.8, 4) is 0 Å². The van der Waals surface area contributed by atoms with Crippen molar-refractivity contribution in [2.24, 2.45) is 0 Å². The summed E-state index contributed by atoms with van der Waals surface area (Å²) in [5.41, 5.74) is 0.337. The molecule has 0 amide bonds. The van der Waals surface area contributed by atoms with Crippen LogP contribution >= 0.6 is 0 Å². The van der Waals surface area contributed by atoms with Gasteiger partial charge in [0.05, 0.1) is 0 Å². The van der Waals surface area contributed by atoms with Crippen LogP contribution in [0, 0.1) is 0 Å². The molecule has 88 valence electrons. The van der Waals surface area contributed by atoms with Crippen LogP contribution < -0.4 is 5.32 Å². The number of nitrogens with zero attached hydrogens (tertiary/aromatic N) is 1. The summed E-state index contributed by atoms with van der Waals surface area (Å²) in [5.74, 6) is -0.706. The third-order valence-electron chi connectivity index (χ3n) is 3.43. The topological polar surface area (TPSA) is 52.6 Å². The van der Waals surface area contributed by atoms with Gasteiger partial charge in [-0.3, -0.25) is 4.79 Å². The third kappa shape index (κ3) is 3.47. The van der Waals surface area contributed by atoms with Crippen molar-refractivity contribution in [3.63, 3.8) is 0 Å². The minimum absolute atomic E-state index is 0.266. The Labute approximate surface area is 91.6 Å². The van der Waals surface area contributed by atoms with Crippen LogP contribution in [-0.2, 0) is 4.79 Å². The Morgan fingerprint density at radius 1 is 1.47 bits per heavy atom. The van der Waals surface area contributed by atoms with Crippen LogP contribution in [0.25, 0.3) is 0 Å². The Hall–Kier alpha value is -0.610. The van der Waals surface area contributed by atoms with Crippen LogP contribution in [0.5, 0.6) is 0 Å². The Kier molecular flexibility index (Phi) is 4.54. The van der Waals surface area contributed by atoms with E-state index in [1.54, 1.807) is 0 Å². The SMILES string of the molecule is CN(C)C1(CNCCCC(=O)O)CCC1. The van der Waals surface area contributed by atoms with E-state index in [0.29, 0.717) is 5.54 Å². The highest BCUT2D eigenvalue weighted by atomic mass is 16.4. The summed E-state index contributed by atoms with van der Waals surface area (Å²) in [5, 5.41) is 11.8. The van der Waals surface area contributed by atoms with Crippen LogP contribution in [0.2, 0.25) is 0 Å². The van der Waals surface area contributed by atoms with Crippen molar-refractivity contribution < 1.29 is 9.90 Å². The van der Waals surface area contributed by atoms with Gasteiger partial charge in [-0.1, -0.05) is 0 Å². The molecule has 0 aromatic heterocycles. The lowest BCUT2D eigenvalue weighted by Crippen LogP contribution is -2.56. The van der Waals surface area contributed by atoms with E-state index in [2.05, 4.69) is 24.3 Å². The van der Waals surface area contributed by atoms with Gasteiger partial charge in [-0.25, -0.2) is 0 Å². The van der Waals surface area contributed by atoms with Gasteiger partial charge in [0.25, 0.3) is 0 Å². The lowest BCUT2D eigenvalue weighted by atomic mass is 9.75. The van der Waals surface area contributed by atoms with E-state index < -0.39 is 5.97 Å². The summed E-state index contributed by atoms with van der Waals surface area (Å²) in [6, 6.07) is 0. The van der Waals surface area contributed by atoms with Crippen molar-refractivity contribution in [2.45, 2.75) is 37.6 Å². The summed E-state index contributed by atoms with van der Waals surface area (Å²) in [7, 11) is 4.25. The molecule has 1 aliphatic carbocycles. The molecule has 0 aromatic carbocycles. The molecule has 4 nitrogen and oxygen atoms in total. The molecule has 4 heteroatoms. The number of likely N-dealkylation sites (N-methyl/N-ethyl adjacent to an activating group) is 1. The van der Waals surface area contributed by atoms with E-state index in [1.165, 1.54) is 19.3 Å². The van der Waals surface area contributed by atoms with Gasteiger partial charge >= 0.3 is 5.97 Å². The number of carboxylic acids is 1. The fourth-order valence-corrected chi connectivity index (χ4v) is 2.05. The number of aliphatic carboxylic acids is 1. The molecular weight excluding hydrogens is 192 g/mol. The maximum Gasteiger partial charge on any atom is 0.303 e. The Balaban J connectivity index is 2.10. The lowest BCUT2D eigenvalue weighted by Gasteiger charge is -2.47. The minimum atomic E-state index is -0.706. The average Bonchev–Trinajstić information content (AvgIpc) is 2.06. The van der Waals surface area contributed by atoms with Crippen LogP contribution in [-0.4, -0.2) is 48.7 Å². The minimum Gasteiger partial charge on any atom is -0.481 e. The largest absolute Gasteiger partial charge is 0.481 e. The molecule has 1 saturated carbocycles. The molecule has 15 heavy (non-hydrogen) atoms. The second-order valence-corrected chi connectivity index (χ2v) is 4.65. The molecule has 1 rings (SSSR count). The predicted molar refractivity (Wildman–Crippen MR) is 60.0 cm³/mol. The zero-order chi connectivity index (χ0) is 11.3. The number of carbonyl (C=O) groups is 1. The molecule has 0 atom stereocenters. The molecule has 0 unspecified atom stereocenters. The maximum absolute atomic E-state index is 10.3. The van der Waals surface area contributed by atoms with Crippen molar-refractivity contribution in [3.05, 3.63) is 0 Å². The van der Waals surface area contributed by atoms with E-state index in [9.17, 15) is 4.79 Å². The number of nitrogens with one attached hydrogen (secondary N) is 1. The van der Waals surface area contributed by atoms with Gasteiger partial charge in [0.1, 0.15) is 0 Å². The van der Waals surface area contributed by atoms with Gasteiger partial charge in [-0.15, -0.1) is 0 Å². The van der Waals surface area contributed by atoms with Crippen molar-refractivity contribution in [2.75, 3.05) is 27.2 Å². The molecule has 0 bridgehead atoms. The van der Waals surface area contributed by atoms with E-state index >= 15 is 0 Å². The molecule has 2 N–H and O–H groups in total. The van der Waals surface area contributed by atoms with Crippen LogP contribution in [0.15, 0.2) is 0 Å². The van der Waals surface area contributed by atoms with Crippen LogP contribution in [0.1, 0.15) is 32.1 Å². The first-order valence-corrected chi connectivity index (χ1v) is 5.67. The zero-order valence-electron chi connectivity index (χ0n) is 9.75. The number of hydrogen-bond acceptors (Lipinski definition) is 3. The summed E-state index contributed by atoms with van der Waals surface area (Å²) in [4.78, 5) is 12.6. The standard InChI is InChI=1S/C11H22N2O2/c1-13(2)11(6-4-7-11)9-12-8-3-5-10(14)15/h12H,3-9H2,1-2H3,(H,14,15). The predicted octanol–water partition coefficient (Wildman–Crippen LogP) is 0.925. The van der Waals surface area contributed by atoms with Gasteiger partial charge in [0, 0.05) is 18.5 Å². The summed E-state index contributed by atoms with van der Waals surface area (Å²) >= 11 is 0. The van der Waals surface area contributed by atoms with E-state index in [-0.39, 0.29) is 6.42 Å². The molecule has 0 spiro atoms. The van der Waals surface area contributed by atoms with Gasteiger partial charge < -0.3 is 15.3 Å². The fourth-order valence-electron chi connectivity index (χ4n) is 2.05. The van der Waals surface area contributed by atoms with Gasteiger partial charge in [0.15, 0.2) is 0 Å². The second-order valence-electron chi connectivity index (χ2n) is 4.65. The Bertz CT molecular complexity index is 213. The molecular formula is C11H22N2O2. The summed E-state index contributed by atoms with van der Waals surface area (Å²) in [6.45, 7) is 1.79. The monoisotopic (exact) mass is 214 g/mol. The molecule has 0 aliphatic heterocycles. The molecule has 0 aromatic rings. The summed E-state index contributed by atoms with van der Waals surface area (Å²) < 4.78 is 0. The van der Waals surface area contributed by atoms with E-state index in [0.717, 1.165) is 19.5 Å². The second kappa shape index (κ2) is 5.47. The molecule has 1 aliphatic rings. The molecule has 1 fully saturated rings. The van der Waals surface area contributed by atoms with Crippen molar-refractivity contribution >= 4 is 5.97 Å². The maximum atomic E-state index is 10.3. The normalized spacial score (nSPS) is 18.9. The smallest absolute Gasteiger partial charge is 0.303 e. The quantitative estimate of drug-likeness (QED) is 0.619. The highest BCUT2D eigenvalue weighted by molar-refractivity contribution is 5.66. The molecule has 0 saturated heterocycles.